The molecule has 1 aliphatic carbocycles. The maximum atomic E-state index is 3.98. The highest BCUT2D eigenvalue weighted by atomic mass is 14.3. The molecule has 92 valence electrons. The van der Waals surface area contributed by atoms with E-state index in [9.17, 15) is 0 Å². The number of hydrogen-bond donors (Lipinski definition) is 0. The number of hydrogen-bond acceptors (Lipinski definition) is 0. The second kappa shape index (κ2) is 5.86. The van der Waals surface area contributed by atoms with Crippen LogP contribution in [0.4, 0.5) is 0 Å². The molecule has 0 heterocycles. The Morgan fingerprint density at radius 3 is 1.94 bits per heavy atom. The summed E-state index contributed by atoms with van der Waals surface area (Å²) in [5, 5.41) is 0. The van der Waals surface area contributed by atoms with Crippen molar-refractivity contribution in [2.45, 2.75) is 40.5 Å². The van der Waals surface area contributed by atoms with Crippen molar-refractivity contribution in [3.05, 3.63) is 59.7 Å². The van der Waals surface area contributed by atoms with E-state index in [4.69, 9.17) is 0 Å². The third-order valence-corrected chi connectivity index (χ3v) is 2.85. The highest BCUT2D eigenvalue weighted by Gasteiger charge is 2.22. The molecular formula is C17H24. The van der Waals surface area contributed by atoms with E-state index in [1.165, 1.54) is 23.1 Å². The summed E-state index contributed by atoms with van der Waals surface area (Å²) >= 11 is 0. The van der Waals surface area contributed by atoms with Crippen LogP contribution in [0, 0.1) is 12.3 Å². The Bertz CT molecular complexity index is 393. The average Bonchev–Trinajstić information content (AvgIpc) is 2.15. The van der Waals surface area contributed by atoms with Crippen molar-refractivity contribution in [1.82, 2.24) is 0 Å². The lowest BCUT2D eigenvalue weighted by atomic mass is 9.76. The fourth-order valence-electron chi connectivity index (χ4n) is 2.42. The summed E-state index contributed by atoms with van der Waals surface area (Å²) in [5.41, 5.74) is 4.54. The van der Waals surface area contributed by atoms with Crippen LogP contribution < -0.4 is 0 Å². The van der Waals surface area contributed by atoms with Crippen LogP contribution in [0.1, 0.15) is 39.2 Å². The third-order valence-electron chi connectivity index (χ3n) is 2.85. The van der Waals surface area contributed by atoms with Gasteiger partial charge in [-0.3, -0.25) is 0 Å². The first-order valence-corrected chi connectivity index (χ1v) is 6.26. The lowest BCUT2D eigenvalue weighted by Gasteiger charge is -2.29. The highest BCUT2D eigenvalue weighted by Crippen LogP contribution is 2.36. The molecule has 1 aliphatic rings. The zero-order chi connectivity index (χ0) is 12.9. The van der Waals surface area contributed by atoms with E-state index >= 15 is 0 Å². The van der Waals surface area contributed by atoms with E-state index in [1.54, 1.807) is 0 Å². The Balaban J connectivity index is 0.000000181. The molecule has 0 unspecified atom stereocenters. The molecule has 0 bridgehead atoms. The van der Waals surface area contributed by atoms with Gasteiger partial charge in [0.1, 0.15) is 0 Å². The monoisotopic (exact) mass is 228 g/mol. The molecule has 17 heavy (non-hydrogen) atoms. The van der Waals surface area contributed by atoms with Crippen molar-refractivity contribution < 1.29 is 0 Å². The first-order valence-electron chi connectivity index (χ1n) is 6.26. The maximum absolute atomic E-state index is 3.98. The molecule has 0 aliphatic heterocycles. The van der Waals surface area contributed by atoms with Gasteiger partial charge in [0.05, 0.1) is 0 Å². The molecular weight excluding hydrogens is 204 g/mol. The van der Waals surface area contributed by atoms with E-state index in [0.717, 1.165) is 6.42 Å². The quantitative estimate of drug-likeness (QED) is 0.565. The van der Waals surface area contributed by atoms with Crippen LogP contribution in [0.2, 0.25) is 0 Å². The summed E-state index contributed by atoms with van der Waals surface area (Å²) in [6.07, 6.45) is 4.60. The summed E-state index contributed by atoms with van der Waals surface area (Å²) in [6, 6.07) is 10.3. The van der Waals surface area contributed by atoms with Gasteiger partial charge in [0.2, 0.25) is 0 Å². The van der Waals surface area contributed by atoms with Crippen LogP contribution in [0.3, 0.4) is 0 Å². The molecule has 0 aromatic heterocycles. The lowest BCUT2D eigenvalue weighted by molar-refractivity contribution is 0.352. The molecule has 1 aromatic rings. The van der Waals surface area contributed by atoms with Crippen molar-refractivity contribution >= 4 is 0 Å². The molecule has 0 radical (unpaired) electrons. The number of aryl methyl sites for hydroxylation is 1. The van der Waals surface area contributed by atoms with Gasteiger partial charge in [0.15, 0.2) is 0 Å². The third kappa shape index (κ3) is 5.53. The Morgan fingerprint density at radius 1 is 1.00 bits per heavy atom. The van der Waals surface area contributed by atoms with Crippen LogP contribution in [0.5, 0.6) is 0 Å². The molecule has 0 fully saturated rings. The number of benzene rings is 1. The number of rotatable bonds is 0. The van der Waals surface area contributed by atoms with E-state index in [1.807, 2.05) is 18.2 Å². The van der Waals surface area contributed by atoms with Crippen molar-refractivity contribution in [1.29, 1.82) is 0 Å². The van der Waals surface area contributed by atoms with Crippen molar-refractivity contribution in [2.75, 3.05) is 0 Å². The molecule has 0 nitrogen and oxygen atoms in total. The van der Waals surface area contributed by atoms with Gasteiger partial charge >= 0.3 is 0 Å². The predicted molar refractivity (Wildman–Crippen MR) is 77.1 cm³/mol. The van der Waals surface area contributed by atoms with E-state index in [-0.39, 0.29) is 0 Å². The summed E-state index contributed by atoms with van der Waals surface area (Å²) in [4.78, 5) is 0. The minimum atomic E-state index is 0.454. The van der Waals surface area contributed by atoms with Gasteiger partial charge in [-0.25, -0.2) is 0 Å². The van der Waals surface area contributed by atoms with Gasteiger partial charge in [0, 0.05) is 0 Å². The van der Waals surface area contributed by atoms with Crippen LogP contribution in [0.15, 0.2) is 54.1 Å². The zero-order valence-corrected chi connectivity index (χ0v) is 11.6. The molecule has 1 aromatic carbocycles. The minimum absolute atomic E-state index is 0.454. The lowest BCUT2D eigenvalue weighted by Crippen LogP contribution is -2.15. The molecule has 0 saturated heterocycles. The second-order valence-electron chi connectivity index (χ2n) is 5.82. The molecule has 0 saturated carbocycles. The van der Waals surface area contributed by atoms with Crippen LogP contribution in [-0.4, -0.2) is 0 Å². The maximum Gasteiger partial charge on any atom is -0.0230 e. The smallest absolute Gasteiger partial charge is 0.0230 e. The average molecular weight is 228 g/mol. The van der Waals surface area contributed by atoms with Crippen molar-refractivity contribution in [3.8, 4) is 0 Å². The summed E-state index contributed by atoms with van der Waals surface area (Å²) in [6.45, 7) is 12.9. The summed E-state index contributed by atoms with van der Waals surface area (Å²) in [5.74, 6) is 0. The van der Waals surface area contributed by atoms with Crippen molar-refractivity contribution in [3.63, 3.8) is 0 Å². The van der Waals surface area contributed by atoms with Crippen LogP contribution >= 0.6 is 0 Å². The van der Waals surface area contributed by atoms with Gasteiger partial charge < -0.3 is 0 Å². The Kier molecular flexibility index (Phi) is 4.74. The summed E-state index contributed by atoms with van der Waals surface area (Å²) < 4.78 is 0. The first-order chi connectivity index (χ1) is 7.89. The Labute approximate surface area is 106 Å². The standard InChI is InChI=1S/C10H16.C7H8/c1-8-5-9(2)7-10(3,4)6-8;1-7-5-3-2-4-6-7/h5H,1,6-7H2,2-4H3;2-6H,1H3. The summed E-state index contributed by atoms with van der Waals surface area (Å²) in [7, 11) is 0. The van der Waals surface area contributed by atoms with Crippen LogP contribution in [0.25, 0.3) is 0 Å². The topological polar surface area (TPSA) is 0 Å². The van der Waals surface area contributed by atoms with Crippen LogP contribution in [-0.2, 0) is 0 Å². The Morgan fingerprint density at radius 2 is 1.59 bits per heavy atom. The van der Waals surface area contributed by atoms with Gasteiger partial charge in [0.25, 0.3) is 0 Å². The molecule has 0 amide bonds. The SMILES string of the molecule is C=C1C=C(C)CC(C)(C)C1.Cc1ccccc1. The molecule has 0 atom stereocenters. The fourth-order valence-corrected chi connectivity index (χ4v) is 2.42. The largest absolute Gasteiger partial charge is 0.0958 e. The molecule has 0 heteroatoms. The van der Waals surface area contributed by atoms with Gasteiger partial charge in [-0.1, -0.05) is 73.5 Å². The Hall–Kier alpha value is -1.30. The van der Waals surface area contributed by atoms with Gasteiger partial charge in [-0.2, -0.15) is 0 Å². The van der Waals surface area contributed by atoms with Crippen molar-refractivity contribution in [2.24, 2.45) is 5.41 Å². The normalized spacial score (nSPS) is 17.9. The first kappa shape index (κ1) is 13.8. The fraction of sp³-hybridized carbons (Fsp3) is 0.412. The molecule has 0 spiro atoms. The minimum Gasteiger partial charge on any atom is -0.0958 e. The van der Waals surface area contributed by atoms with Gasteiger partial charge in [-0.05, 0) is 32.1 Å². The zero-order valence-electron chi connectivity index (χ0n) is 11.6. The predicted octanol–water partition coefficient (Wildman–Crippen LogP) is 5.30. The second-order valence-corrected chi connectivity index (χ2v) is 5.82. The van der Waals surface area contributed by atoms with E-state index in [0.29, 0.717) is 5.41 Å². The molecule has 2 rings (SSSR count). The highest BCUT2D eigenvalue weighted by molar-refractivity contribution is 5.25. The van der Waals surface area contributed by atoms with E-state index < -0.39 is 0 Å². The molecule has 0 N–H and O–H groups in total. The number of allylic oxidation sites excluding steroid dienone is 3. The van der Waals surface area contributed by atoms with Gasteiger partial charge in [-0.15, -0.1) is 0 Å². The van der Waals surface area contributed by atoms with E-state index in [2.05, 4.69) is 52.5 Å².